The molecule has 0 radical (unpaired) electrons. The lowest BCUT2D eigenvalue weighted by Crippen LogP contribution is -2.27. The second kappa shape index (κ2) is 10.6. The summed E-state index contributed by atoms with van der Waals surface area (Å²) in [5, 5.41) is 13.8. The number of anilines is 1. The number of fused-ring (bicyclic) bond motifs is 1. The summed E-state index contributed by atoms with van der Waals surface area (Å²) in [5.74, 6) is -0.117. The third-order valence-corrected chi connectivity index (χ3v) is 6.66. The zero-order chi connectivity index (χ0) is 27.6. The maximum Gasteiger partial charge on any atom is 0.238 e. The lowest BCUT2D eigenvalue weighted by Gasteiger charge is -2.11. The van der Waals surface area contributed by atoms with Crippen LogP contribution in [-0.4, -0.2) is 61.6 Å². The summed E-state index contributed by atoms with van der Waals surface area (Å²) in [6.07, 6.45) is 12.5. The van der Waals surface area contributed by atoms with Crippen molar-refractivity contribution in [3.8, 4) is 22.8 Å². The largest absolute Gasteiger partial charge is 0.404 e. The number of carbonyl (C=O) groups is 1. The molecule has 5 N–H and O–H groups in total. The summed E-state index contributed by atoms with van der Waals surface area (Å²) < 4.78 is 0. The minimum atomic E-state index is -0.117. The Morgan fingerprint density at radius 2 is 1.98 bits per heavy atom. The first-order valence-electron chi connectivity index (χ1n) is 13.0. The fraction of sp³-hybridized carbons (Fsp3) is 0.167. The molecule has 200 valence electrons. The second-order valence-electron chi connectivity index (χ2n) is 10.00. The normalized spacial score (nSPS) is 13.8. The summed E-state index contributed by atoms with van der Waals surface area (Å²) in [6.45, 7) is 0.276. The topological polar surface area (TPSA) is 142 Å². The third kappa shape index (κ3) is 5.12. The Morgan fingerprint density at radius 3 is 2.73 bits per heavy atom. The van der Waals surface area contributed by atoms with Crippen LogP contribution in [0.1, 0.15) is 18.4 Å². The minimum Gasteiger partial charge on any atom is -0.404 e. The van der Waals surface area contributed by atoms with Gasteiger partial charge >= 0.3 is 0 Å². The molecule has 0 aromatic carbocycles. The molecule has 0 atom stereocenters. The van der Waals surface area contributed by atoms with Gasteiger partial charge in [-0.2, -0.15) is 5.10 Å². The fourth-order valence-electron chi connectivity index (χ4n) is 4.70. The minimum absolute atomic E-state index is 0.117. The van der Waals surface area contributed by atoms with Crippen molar-refractivity contribution in [1.29, 1.82) is 0 Å². The molecule has 40 heavy (non-hydrogen) atoms. The van der Waals surface area contributed by atoms with Crippen molar-refractivity contribution in [2.45, 2.75) is 12.8 Å². The predicted octanol–water partition coefficient (Wildman–Crippen LogP) is 2.63. The number of H-pyrrole nitrogens is 2. The van der Waals surface area contributed by atoms with Crippen LogP contribution in [0.3, 0.4) is 0 Å². The van der Waals surface area contributed by atoms with E-state index < -0.39 is 0 Å². The number of nitrogens with zero attached hydrogens (tertiary/aromatic N) is 5. The molecule has 1 aliphatic rings. The van der Waals surface area contributed by atoms with Gasteiger partial charge in [0.2, 0.25) is 5.91 Å². The number of hydrogen-bond donors (Lipinski definition) is 4. The van der Waals surface area contributed by atoms with Gasteiger partial charge in [-0.15, -0.1) is 0 Å². The van der Waals surface area contributed by atoms with E-state index in [2.05, 4.69) is 36.4 Å². The zero-order valence-corrected chi connectivity index (χ0v) is 22.3. The molecular formula is C30H29N9O. The molecule has 0 saturated heterocycles. The van der Waals surface area contributed by atoms with Crippen molar-refractivity contribution < 1.29 is 4.79 Å². The summed E-state index contributed by atoms with van der Waals surface area (Å²) in [6, 6.07) is 11.7. The second-order valence-corrected chi connectivity index (χ2v) is 10.00. The highest BCUT2D eigenvalue weighted by Crippen LogP contribution is 2.30. The van der Waals surface area contributed by atoms with E-state index in [1.165, 1.54) is 5.57 Å². The van der Waals surface area contributed by atoms with Crippen molar-refractivity contribution in [3.05, 3.63) is 83.5 Å². The Kier molecular flexibility index (Phi) is 6.67. The summed E-state index contributed by atoms with van der Waals surface area (Å²) >= 11 is 0. The summed E-state index contributed by atoms with van der Waals surface area (Å²) in [5.41, 5.74) is 13.8. The van der Waals surface area contributed by atoms with Gasteiger partial charge in [-0.05, 0) is 74.5 Å². The molecule has 5 heterocycles. The highest BCUT2D eigenvalue weighted by Gasteiger charge is 2.19. The van der Waals surface area contributed by atoms with Gasteiger partial charge in [0.25, 0.3) is 0 Å². The van der Waals surface area contributed by atoms with Gasteiger partial charge in [-0.3, -0.25) is 24.8 Å². The van der Waals surface area contributed by atoms with E-state index in [0.717, 1.165) is 68.2 Å². The van der Waals surface area contributed by atoms with Crippen LogP contribution >= 0.6 is 0 Å². The summed E-state index contributed by atoms with van der Waals surface area (Å²) in [7, 11) is 3.69. The third-order valence-electron chi connectivity index (χ3n) is 6.66. The molecule has 10 nitrogen and oxygen atoms in total. The predicted molar refractivity (Wildman–Crippen MR) is 157 cm³/mol. The van der Waals surface area contributed by atoms with Crippen LogP contribution in [0.25, 0.3) is 50.9 Å². The number of nitrogens with one attached hydrogen (secondary N) is 3. The van der Waals surface area contributed by atoms with E-state index >= 15 is 0 Å². The van der Waals surface area contributed by atoms with E-state index in [9.17, 15) is 4.79 Å². The molecule has 0 bridgehead atoms. The quantitative estimate of drug-likeness (QED) is 0.253. The molecule has 5 aromatic rings. The van der Waals surface area contributed by atoms with E-state index in [0.29, 0.717) is 5.69 Å². The number of rotatable bonds is 7. The molecule has 6 rings (SSSR count). The van der Waals surface area contributed by atoms with Crippen molar-refractivity contribution in [2.24, 2.45) is 5.73 Å². The first kappa shape index (κ1) is 25.2. The van der Waals surface area contributed by atoms with Crippen LogP contribution in [0.2, 0.25) is 0 Å². The van der Waals surface area contributed by atoms with E-state index in [4.69, 9.17) is 10.8 Å². The lowest BCUT2D eigenvalue weighted by atomic mass is 10.1. The maximum absolute atomic E-state index is 12.3. The van der Waals surface area contributed by atoms with Crippen molar-refractivity contribution in [3.63, 3.8) is 0 Å². The molecule has 10 heteroatoms. The molecule has 0 aliphatic heterocycles. The standard InChI is InChI=1S/C30H29N9O/c1-39(2)17-27(40)35-21-11-20(15-32-16-21)19(14-31)12-23-28(18-6-7-18)37-38-30(23)26-13-22-24(36-26)8-10-34-29(22)25-5-3-4-9-33-25/h3-5,8-16,36-37H,6-7,17,31H2,1-2H3,(H,35,40)/b19-14+,23-12+. The summed E-state index contributed by atoms with van der Waals surface area (Å²) in [4.78, 5) is 31.1. The Balaban J connectivity index is 1.43. The van der Waals surface area contributed by atoms with Gasteiger partial charge in [0.05, 0.1) is 40.9 Å². The first-order chi connectivity index (χ1) is 19.5. The fourth-order valence-corrected chi connectivity index (χ4v) is 4.70. The van der Waals surface area contributed by atoms with Crippen LogP contribution in [-0.2, 0) is 4.79 Å². The molecule has 1 fully saturated rings. The molecule has 1 aliphatic carbocycles. The maximum atomic E-state index is 12.3. The molecule has 0 unspecified atom stereocenters. The number of aromatic amines is 2. The van der Waals surface area contributed by atoms with Crippen LogP contribution < -0.4 is 21.6 Å². The van der Waals surface area contributed by atoms with E-state index in [1.54, 1.807) is 31.0 Å². The molecule has 0 spiro atoms. The number of likely N-dealkylation sites (N-methyl/N-ethyl adjacent to an activating group) is 1. The number of nitrogens with two attached hydrogens (primary N) is 1. The van der Waals surface area contributed by atoms with Crippen molar-refractivity contribution >= 4 is 39.7 Å². The Labute approximate surface area is 230 Å². The van der Waals surface area contributed by atoms with Crippen LogP contribution in [0.15, 0.2) is 67.4 Å². The Hall–Kier alpha value is -5.09. The molecular weight excluding hydrogens is 502 g/mol. The number of amides is 1. The SMILES string of the molecule is CN(C)CC(=O)Nc1cncc(C(/C=c2/c(-c3cc4c(-c5ccccn5)nccc4[nH]3)n[nH]c2=C2CC2)=C/N)c1. The van der Waals surface area contributed by atoms with Crippen molar-refractivity contribution in [2.75, 3.05) is 26.0 Å². The van der Waals surface area contributed by atoms with Gasteiger partial charge in [0.15, 0.2) is 0 Å². The number of hydrogen-bond acceptors (Lipinski definition) is 7. The number of carbonyl (C=O) groups excluding carboxylic acids is 1. The molecule has 1 amide bonds. The van der Waals surface area contributed by atoms with E-state index in [1.807, 2.05) is 55.4 Å². The molecule has 5 aromatic heterocycles. The smallest absolute Gasteiger partial charge is 0.238 e. The van der Waals surface area contributed by atoms with Gasteiger partial charge in [0.1, 0.15) is 5.69 Å². The monoisotopic (exact) mass is 531 g/mol. The van der Waals surface area contributed by atoms with Crippen LogP contribution in [0.4, 0.5) is 5.69 Å². The lowest BCUT2D eigenvalue weighted by molar-refractivity contribution is -0.116. The first-order valence-corrected chi connectivity index (χ1v) is 13.0. The zero-order valence-electron chi connectivity index (χ0n) is 22.3. The average molecular weight is 532 g/mol. The van der Waals surface area contributed by atoms with Crippen LogP contribution in [0.5, 0.6) is 0 Å². The number of pyridine rings is 3. The van der Waals surface area contributed by atoms with Crippen molar-refractivity contribution in [1.82, 2.24) is 35.0 Å². The molecule has 1 saturated carbocycles. The van der Waals surface area contributed by atoms with Gasteiger partial charge < -0.3 is 20.9 Å². The van der Waals surface area contributed by atoms with Gasteiger partial charge in [0, 0.05) is 46.5 Å². The number of allylic oxidation sites excluding steroid dienone is 1. The van der Waals surface area contributed by atoms with E-state index in [-0.39, 0.29) is 12.5 Å². The average Bonchev–Trinajstić information content (AvgIpc) is 3.56. The highest BCUT2D eigenvalue weighted by molar-refractivity contribution is 5.97. The van der Waals surface area contributed by atoms with Crippen LogP contribution in [0, 0.1) is 0 Å². The Bertz CT molecular complexity index is 1860. The Morgan fingerprint density at radius 1 is 1.10 bits per heavy atom. The highest BCUT2D eigenvalue weighted by atomic mass is 16.2. The van der Waals surface area contributed by atoms with Gasteiger partial charge in [-0.25, -0.2) is 0 Å². The number of aromatic nitrogens is 6. The van der Waals surface area contributed by atoms with Gasteiger partial charge in [-0.1, -0.05) is 6.07 Å².